The Bertz CT molecular complexity index is 1560. The highest BCUT2D eigenvalue weighted by atomic mass is 35.5. The molecule has 0 N–H and O–H groups in total. The van der Waals surface area contributed by atoms with Gasteiger partial charge in [0, 0.05) is 48.6 Å². The highest BCUT2D eigenvalue weighted by Crippen LogP contribution is 2.54. The van der Waals surface area contributed by atoms with Crippen molar-refractivity contribution in [1.29, 1.82) is 0 Å². The summed E-state index contributed by atoms with van der Waals surface area (Å²) in [6.45, 7) is 0.170. The maximum Gasteiger partial charge on any atom is 0.303 e. The van der Waals surface area contributed by atoms with E-state index in [4.69, 9.17) is 27.9 Å². The Morgan fingerprint density at radius 3 is 1.60 bits per heavy atom. The molecule has 3 aromatic rings. The molecule has 0 aromatic heterocycles. The first-order valence-electron chi connectivity index (χ1n) is 11.8. The molecule has 1 aliphatic rings. The third-order valence-corrected chi connectivity index (χ3v) is 12.5. The fraction of sp³-hybridized carbons (Fsp3) is 0.296. The van der Waals surface area contributed by atoms with E-state index in [1.165, 1.54) is 0 Å². The van der Waals surface area contributed by atoms with Gasteiger partial charge in [0.05, 0.1) is 6.04 Å². The molecular formula is C27H25Cl2F2NO6S2. The van der Waals surface area contributed by atoms with Crippen molar-refractivity contribution in [1.82, 2.24) is 4.90 Å². The lowest BCUT2D eigenvalue weighted by Crippen LogP contribution is -2.77. The second-order valence-electron chi connectivity index (χ2n) is 9.82. The van der Waals surface area contributed by atoms with Gasteiger partial charge in [0.1, 0.15) is 11.6 Å². The van der Waals surface area contributed by atoms with Gasteiger partial charge in [0.2, 0.25) is 4.08 Å². The van der Waals surface area contributed by atoms with E-state index in [-0.39, 0.29) is 0 Å². The number of benzene rings is 3. The van der Waals surface area contributed by atoms with Crippen LogP contribution in [0.3, 0.4) is 0 Å². The van der Waals surface area contributed by atoms with Gasteiger partial charge in [-0.15, -0.1) is 0 Å². The number of hydrogen-bond donors (Lipinski definition) is 0. The third-order valence-electron chi connectivity index (χ3n) is 6.88. The topological polar surface area (TPSA) is 97.8 Å². The largest absolute Gasteiger partial charge is 0.453 e. The molecule has 1 saturated heterocycles. The minimum absolute atomic E-state index is 0.416. The summed E-state index contributed by atoms with van der Waals surface area (Å²) in [5.74, 6) is -3.36. The van der Waals surface area contributed by atoms with Crippen molar-refractivity contribution in [2.45, 2.75) is 22.6 Å². The average molecular weight is 633 g/mol. The molecule has 214 valence electrons. The quantitative estimate of drug-likeness (QED) is 0.326. The van der Waals surface area contributed by atoms with Crippen LogP contribution in [-0.4, -0.2) is 58.9 Å². The molecule has 13 heteroatoms. The van der Waals surface area contributed by atoms with E-state index in [9.17, 15) is 30.4 Å². The zero-order chi connectivity index (χ0) is 29.7. The monoisotopic (exact) mass is 631 g/mol. The van der Waals surface area contributed by atoms with Crippen LogP contribution < -0.4 is 0 Å². The number of esters is 1. The summed E-state index contributed by atoms with van der Waals surface area (Å²) in [5.41, 5.74) is -1.55. The van der Waals surface area contributed by atoms with Crippen molar-refractivity contribution in [2.75, 3.05) is 25.6 Å². The molecule has 0 amide bonds. The zero-order valence-corrected chi connectivity index (χ0v) is 24.7. The maximum atomic E-state index is 14.5. The molecule has 1 aliphatic heterocycles. The minimum atomic E-state index is -4.78. The number of likely N-dealkylation sites (tertiary alicyclic amines) is 1. The molecule has 1 heterocycles. The van der Waals surface area contributed by atoms with E-state index >= 15 is 0 Å². The van der Waals surface area contributed by atoms with Crippen molar-refractivity contribution in [3.05, 3.63) is 105 Å². The predicted molar refractivity (Wildman–Crippen MR) is 149 cm³/mol. The number of nitrogens with zero attached hydrogens (tertiary/aromatic N) is 1. The highest BCUT2D eigenvalue weighted by Gasteiger charge is 2.73. The molecule has 7 nitrogen and oxygen atoms in total. The van der Waals surface area contributed by atoms with Gasteiger partial charge in [-0.25, -0.2) is 25.6 Å². The van der Waals surface area contributed by atoms with Gasteiger partial charge in [-0.05, 0) is 53.1 Å². The van der Waals surface area contributed by atoms with Crippen LogP contribution in [0.25, 0.3) is 0 Å². The first kappa shape index (κ1) is 30.4. The summed E-state index contributed by atoms with van der Waals surface area (Å²) in [4.78, 5) is 14.1. The normalized spacial score (nSPS) is 16.0. The Morgan fingerprint density at radius 1 is 0.850 bits per heavy atom. The Morgan fingerprint density at radius 2 is 1.25 bits per heavy atom. The van der Waals surface area contributed by atoms with Gasteiger partial charge >= 0.3 is 5.97 Å². The summed E-state index contributed by atoms with van der Waals surface area (Å²) < 4.78 is 85.7. The summed E-state index contributed by atoms with van der Waals surface area (Å²) in [7, 11) is -9.57. The van der Waals surface area contributed by atoms with Gasteiger partial charge in [-0.1, -0.05) is 47.5 Å². The van der Waals surface area contributed by atoms with Crippen LogP contribution in [0, 0.1) is 11.6 Å². The van der Waals surface area contributed by atoms with Crippen molar-refractivity contribution < 1.29 is 35.1 Å². The second-order valence-corrected chi connectivity index (χ2v) is 15.3. The summed E-state index contributed by atoms with van der Waals surface area (Å²) >= 11 is 12.2. The van der Waals surface area contributed by atoms with E-state index < -0.39 is 71.7 Å². The van der Waals surface area contributed by atoms with E-state index in [0.29, 0.717) is 51.9 Å². The smallest absolute Gasteiger partial charge is 0.303 e. The summed E-state index contributed by atoms with van der Waals surface area (Å²) in [6.07, 6.45) is 1.28. The van der Waals surface area contributed by atoms with Crippen LogP contribution in [0.5, 0.6) is 0 Å². The molecule has 0 aliphatic carbocycles. The fourth-order valence-electron chi connectivity index (χ4n) is 5.70. The first-order valence-corrected chi connectivity index (χ1v) is 16.3. The van der Waals surface area contributed by atoms with Crippen molar-refractivity contribution in [3.8, 4) is 0 Å². The third kappa shape index (κ3) is 5.25. The van der Waals surface area contributed by atoms with E-state index in [2.05, 4.69) is 0 Å². The van der Waals surface area contributed by atoms with Crippen LogP contribution in [-0.2, 0) is 33.3 Å². The van der Waals surface area contributed by atoms with Crippen LogP contribution in [0.4, 0.5) is 8.78 Å². The van der Waals surface area contributed by atoms with Gasteiger partial charge < -0.3 is 4.74 Å². The van der Waals surface area contributed by atoms with E-state index in [1.807, 2.05) is 0 Å². The Balaban J connectivity index is 1.96. The average Bonchev–Trinajstić information content (AvgIpc) is 2.77. The molecule has 3 aromatic carbocycles. The van der Waals surface area contributed by atoms with Gasteiger partial charge in [0.25, 0.3) is 0 Å². The van der Waals surface area contributed by atoms with Crippen LogP contribution >= 0.6 is 23.2 Å². The lowest BCUT2D eigenvalue weighted by Gasteiger charge is -2.58. The van der Waals surface area contributed by atoms with Gasteiger partial charge in [0.15, 0.2) is 25.3 Å². The second kappa shape index (κ2) is 10.7. The molecule has 1 fully saturated rings. The Hall–Kier alpha value is -2.57. The van der Waals surface area contributed by atoms with Crippen LogP contribution in [0.1, 0.15) is 29.7 Å². The van der Waals surface area contributed by atoms with Gasteiger partial charge in [-0.3, -0.25) is 9.69 Å². The molecule has 0 spiro atoms. The lowest BCUT2D eigenvalue weighted by atomic mass is 9.81. The number of carbonyl (C=O) groups excluding carboxylic acids is 1. The molecule has 0 atom stereocenters. The van der Waals surface area contributed by atoms with Crippen molar-refractivity contribution >= 4 is 48.8 Å². The first-order chi connectivity index (χ1) is 18.5. The Labute approximate surface area is 241 Å². The lowest BCUT2D eigenvalue weighted by molar-refractivity contribution is -0.185. The van der Waals surface area contributed by atoms with E-state index in [0.717, 1.165) is 6.92 Å². The summed E-state index contributed by atoms with van der Waals surface area (Å²) in [5, 5.41) is 0.940. The molecule has 0 bridgehead atoms. The number of carbonyl (C=O) groups is 1. The molecule has 0 unspecified atom stereocenters. The number of sulfone groups is 2. The summed E-state index contributed by atoms with van der Waals surface area (Å²) in [6, 6.07) is 14.8. The standard InChI is InChI=1S/C27H25Cl2F2NO6S2/c1-17(33)38-26(27(39(2,34)35,40(3,36)37)20-12-23(30)14-24(31)13-20)15-32(16-26)25(18-4-8-21(28)9-5-18)19-6-10-22(29)11-7-19/h4-14,25H,15-16H2,1-3H3. The maximum absolute atomic E-state index is 14.5. The molecule has 0 saturated carbocycles. The Kier molecular flexibility index (Phi) is 8.12. The zero-order valence-electron chi connectivity index (χ0n) is 21.6. The number of ether oxygens (including phenoxy) is 1. The van der Waals surface area contributed by atoms with Crippen LogP contribution in [0.2, 0.25) is 10.0 Å². The molecular weight excluding hydrogens is 607 g/mol. The number of halogens is 4. The number of rotatable bonds is 8. The molecule has 40 heavy (non-hydrogen) atoms. The molecule has 0 radical (unpaired) electrons. The molecule has 4 rings (SSSR count). The number of hydrogen-bond acceptors (Lipinski definition) is 7. The van der Waals surface area contributed by atoms with E-state index in [1.54, 1.807) is 53.4 Å². The fourth-order valence-corrected chi connectivity index (χ4v) is 10.9. The van der Waals surface area contributed by atoms with Crippen LogP contribution in [0.15, 0.2) is 66.7 Å². The predicted octanol–water partition coefficient (Wildman–Crippen LogP) is 4.92. The van der Waals surface area contributed by atoms with Crippen molar-refractivity contribution in [3.63, 3.8) is 0 Å². The highest BCUT2D eigenvalue weighted by molar-refractivity contribution is 8.09. The van der Waals surface area contributed by atoms with Gasteiger partial charge in [-0.2, -0.15) is 0 Å². The minimum Gasteiger partial charge on any atom is -0.453 e. The van der Waals surface area contributed by atoms with Crippen molar-refractivity contribution in [2.24, 2.45) is 0 Å². The SMILES string of the molecule is CC(=O)OC1(C(c2cc(F)cc(F)c2)(S(C)(=O)=O)S(C)(=O)=O)CN(C(c2ccc(Cl)cc2)c2ccc(Cl)cc2)C1.